The number of aromatic nitrogens is 2. The van der Waals surface area contributed by atoms with Gasteiger partial charge < -0.3 is 4.42 Å². The second-order valence-corrected chi connectivity index (χ2v) is 8.48. The molecule has 1 atom stereocenters. The first-order valence-electron chi connectivity index (χ1n) is 9.86. The lowest BCUT2D eigenvalue weighted by Gasteiger charge is -2.21. The Balaban J connectivity index is 1.81. The summed E-state index contributed by atoms with van der Waals surface area (Å²) in [6.07, 6.45) is 0.633. The molecule has 5 rings (SSSR count). The Morgan fingerprint density at radius 1 is 1.19 bits per heavy atom. The fraction of sp³-hybridized carbons (Fsp3) is 0.182. The summed E-state index contributed by atoms with van der Waals surface area (Å²) in [5.74, 6) is -0.619. The summed E-state index contributed by atoms with van der Waals surface area (Å²) < 4.78 is 5.90. The van der Waals surface area contributed by atoms with Crippen molar-refractivity contribution in [1.82, 2.24) is 10.2 Å². The molecule has 0 bridgehead atoms. The lowest BCUT2D eigenvalue weighted by molar-refractivity contribution is -0.384. The minimum atomic E-state index is -0.920. The van der Waals surface area contributed by atoms with Crippen LogP contribution >= 0.6 is 11.3 Å². The van der Waals surface area contributed by atoms with Crippen molar-refractivity contribution in [2.24, 2.45) is 0 Å². The highest BCUT2D eigenvalue weighted by atomic mass is 32.1. The molecule has 0 N–H and O–H groups in total. The van der Waals surface area contributed by atoms with Gasteiger partial charge in [-0.2, -0.15) is 0 Å². The fourth-order valence-corrected chi connectivity index (χ4v) is 4.70. The van der Waals surface area contributed by atoms with Gasteiger partial charge in [-0.15, -0.1) is 10.2 Å². The molecule has 1 aliphatic heterocycles. The smallest absolute Gasteiger partial charge is 0.297 e. The van der Waals surface area contributed by atoms with Crippen LogP contribution in [0.1, 0.15) is 45.2 Å². The van der Waals surface area contributed by atoms with Crippen LogP contribution in [0, 0.1) is 17.0 Å². The van der Waals surface area contributed by atoms with Gasteiger partial charge in [0.05, 0.1) is 21.9 Å². The zero-order valence-electron chi connectivity index (χ0n) is 17.1. The van der Waals surface area contributed by atoms with Gasteiger partial charge in [-0.05, 0) is 31.0 Å². The molecule has 9 nitrogen and oxygen atoms in total. The van der Waals surface area contributed by atoms with Crippen molar-refractivity contribution in [2.75, 3.05) is 4.90 Å². The summed E-state index contributed by atoms with van der Waals surface area (Å²) in [4.78, 5) is 39.2. The van der Waals surface area contributed by atoms with E-state index in [0.717, 1.165) is 10.6 Å². The quantitative estimate of drug-likeness (QED) is 0.339. The van der Waals surface area contributed by atoms with Crippen molar-refractivity contribution < 1.29 is 14.1 Å². The summed E-state index contributed by atoms with van der Waals surface area (Å²) in [7, 11) is 0. The van der Waals surface area contributed by atoms with Crippen LogP contribution in [0.25, 0.3) is 11.0 Å². The number of fused-ring (bicyclic) bond motifs is 2. The highest BCUT2D eigenvalue weighted by Crippen LogP contribution is 2.42. The Morgan fingerprint density at radius 3 is 2.72 bits per heavy atom. The zero-order valence-corrected chi connectivity index (χ0v) is 17.9. The Morgan fingerprint density at radius 2 is 2.00 bits per heavy atom. The summed E-state index contributed by atoms with van der Waals surface area (Å²) in [6.45, 7) is 3.78. The van der Waals surface area contributed by atoms with Crippen LogP contribution in [-0.4, -0.2) is 21.0 Å². The van der Waals surface area contributed by atoms with Gasteiger partial charge in [0.1, 0.15) is 10.6 Å². The lowest BCUT2D eigenvalue weighted by atomic mass is 9.98. The van der Waals surface area contributed by atoms with Crippen molar-refractivity contribution in [1.29, 1.82) is 0 Å². The Labute approximate surface area is 185 Å². The molecule has 0 radical (unpaired) electrons. The molecule has 32 heavy (non-hydrogen) atoms. The number of amides is 1. The molecule has 0 saturated carbocycles. The molecule has 2 aromatic carbocycles. The van der Waals surface area contributed by atoms with Gasteiger partial charge in [0.2, 0.25) is 10.9 Å². The summed E-state index contributed by atoms with van der Waals surface area (Å²) >= 11 is 1.23. The third-order valence-electron chi connectivity index (χ3n) is 5.39. The number of aryl methyl sites for hydroxylation is 2. The Kier molecular flexibility index (Phi) is 4.59. The normalized spacial score (nSPS) is 15.4. The number of hydrogen-bond acceptors (Lipinski definition) is 8. The van der Waals surface area contributed by atoms with E-state index in [-0.39, 0.29) is 22.4 Å². The number of hydrogen-bond donors (Lipinski definition) is 0. The van der Waals surface area contributed by atoms with Crippen molar-refractivity contribution in [3.63, 3.8) is 0 Å². The van der Waals surface area contributed by atoms with E-state index in [1.807, 2.05) is 13.8 Å². The number of rotatable bonds is 4. The second-order valence-electron chi connectivity index (χ2n) is 7.44. The van der Waals surface area contributed by atoms with E-state index < -0.39 is 16.9 Å². The van der Waals surface area contributed by atoms with E-state index in [1.165, 1.54) is 34.4 Å². The van der Waals surface area contributed by atoms with Crippen LogP contribution in [0.2, 0.25) is 0 Å². The Hall–Kier alpha value is -3.92. The molecule has 0 aliphatic carbocycles. The zero-order chi connectivity index (χ0) is 22.6. The molecular weight excluding hydrogens is 432 g/mol. The van der Waals surface area contributed by atoms with Crippen LogP contribution in [0.15, 0.2) is 51.7 Å². The third kappa shape index (κ3) is 2.99. The summed E-state index contributed by atoms with van der Waals surface area (Å²) in [5.41, 5.74) is 1.24. The van der Waals surface area contributed by atoms with E-state index in [0.29, 0.717) is 28.1 Å². The summed E-state index contributed by atoms with van der Waals surface area (Å²) in [5, 5.41) is 21.0. The largest absolute Gasteiger partial charge is 0.450 e. The minimum absolute atomic E-state index is 0.0869. The van der Waals surface area contributed by atoms with Crippen molar-refractivity contribution >= 4 is 39.0 Å². The standard InChI is InChI=1S/C22H16N4O5S/c1-3-16-23-24-22(32-16)25-18(12-5-4-6-13(10-12)26(29)30)17-19(27)14-9-11(2)7-8-15(14)31-20(17)21(25)28/h4-10,18H,3H2,1-2H3/t18-/m1/s1. The molecule has 0 spiro atoms. The number of benzene rings is 2. The van der Waals surface area contributed by atoms with E-state index in [9.17, 15) is 19.7 Å². The van der Waals surface area contributed by atoms with Crippen LogP contribution < -0.4 is 10.3 Å². The third-order valence-corrected chi connectivity index (χ3v) is 6.45. The maximum atomic E-state index is 13.6. The molecule has 0 fully saturated rings. The maximum Gasteiger partial charge on any atom is 0.297 e. The van der Waals surface area contributed by atoms with E-state index in [1.54, 1.807) is 24.3 Å². The number of non-ortho nitro benzene ring substituents is 1. The van der Waals surface area contributed by atoms with Gasteiger partial charge in [-0.25, -0.2) is 0 Å². The lowest BCUT2D eigenvalue weighted by Crippen LogP contribution is -2.29. The molecular formula is C22H16N4O5S. The number of anilines is 1. The molecule has 1 amide bonds. The number of nitrogens with zero attached hydrogens (tertiary/aromatic N) is 4. The van der Waals surface area contributed by atoms with Crippen LogP contribution in [0.3, 0.4) is 0 Å². The number of carbonyl (C=O) groups is 1. The minimum Gasteiger partial charge on any atom is -0.450 e. The van der Waals surface area contributed by atoms with Gasteiger partial charge in [0, 0.05) is 12.1 Å². The molecule has 160 valence electrons. The van der Waals surface area contributed by atoms with E-state index in [2.05, 4.69) is 10.2 Å². The summed E-state index contributed by atoms with van der Waals surface area (Å²) in [6, 6.07) is 10.1. The topological polar surface area (TPSA) is 119 Å². The van der Waals surface area contributed by atoms with Gasteiger partial charge >= 0.3 is 0 Å². The molecule has 1 aliphatic rings. The van der Waals surface area contributed by atoms with E-state index in [4.69, 9.17) is 4.42 Å². The number of nitro benzene ring substituents is 1. The molecule has 4 aromatic rings. The molecule has 2 aromatic heterocycles. The highest BCUT2D eigenvalue weighted by molar-refractivity contribution is 7.15. The van der Waals surface area contributed by atoms with Crippen molar-refractivity contribution in [3.8, 4) is 0 Å². The number of carbonyl (C=O) groups excluding carboxylic acids is 1. The van der Waals surface area contributed by atoms with Crippen LogP contribution in [-0.2, 0) is 6.42 Å². The van der Waals surface area contributed by atoms with Gasteiger partial charge in [-0.3, -0.25) is 24.6 Å². The molecule has 0 unspecified atom stereocenters. The fourth-order valence-electron chi connectivity index (χ4n) is 3.89. The second kappa shape index (κ2) is 7.34. The first-order valence-corrected chi connectivity index (χ1v) is 10.7. The highest BCUT2D eigenvalue weighted by Gasteiger charge is 2.45. The molecule has 10 heteroatoms. The molecule has 0 saturated heterocycles. The van der Waals surface area contributed by atoms with Gasteiger partial charge in [0.25, 0.3) is 11.6 Å². The first-order chi connectivity index (χ1) is 15.4. The predicted octanol–water partition coefficient (Wildman–Crippen LogP) is 4.17. The Bertz CT molecular complexity index is 1470. The van der Waals surface area contributed by atoms with Gasteiger partial charge in [-0.1, -0.05) is 42.0 Å². The van der Waals surface area contributed by atoms with Crippen LogP contribution in [0.4, 0.5) is 10.8 Å². The maximum absolute atomic E-state index is 13.6. The monoisotopic (exact) mass is 448 g/mol. The molecule has 3 heterocycles. The first kappa shape index (κ1) is 20.0. The van der Waals surface area contributed by atoms with Gasteiger partial charge in [0.15, 0.2) is 5.43 Å². The average Bonchev–Trinajstić information content (AvgIpc) is 3.37. The number of nitro groups is 1. The van der Waals surface area contributed by atoms with Crippen molar-refractivity contribution in [2.45, 2.75) is 26.3 Å². The van der Waals surface area contributed by atoms with E-state index >= 15 is 0 Å². The predicted molar refractivity (Wildman–Crippen MR) is 118 cm³/mol. The van der Waals surface area contributed by atoms with Crippen LogP contribution in [0.5, 0.6) is 0 Å². The average molecular weight is 448 g/mol. The van der Waals surface area contributed by atoms with Crippen molar-refractivity contribution in [3.05, 3.63) is 90.3 Å². The SMILES string of the molecule is CCc1nnc(N2C(=O)c3oc4ccc(C)cc4c(=O)c3[C@H]2c2cccc([N+](=O)[O-])c2)s1.